The number of anilines is 1. The van der Waals surface area contributed by atoms with Gasteiger partial charge in [-0.1, -0.05) is 32.3 Å². The van der Waals surface area contributed by atoms with Gasteiger partial charge in [0, 0.05) is 44.8 Å². The van der Waals surface area contributed by atoms with Crippen molar-refractivity contribution in [2.75, 3.05) is 43.4 Å². The van der Waals surface area contributed by atoms with Gasteiger partial charge in [-0.3, -0.25) is 4.79 Å². The third kappa shape index (κ3) is 6.41. The Kier molecular flexibility index (Phi) is 8.50. The van der Waals surface area contributed by atoms with E-state index in [1.165, 1.54) is 23.6 Å². The van der Waals surface area contributed by atoms with Crippen LogP contribution in [0.5, 0.6) is 0 Å². The van der Waals surface area contributed by atoms with Crippen LogP contribution in [0.15, 0.2) is 24.4 Å². The van der Waals surface area contributed by atoms with Crippen LogP contribution in [0.4, 0.5) is 5.82 Å². The number of amides is 1. The van der Waals surface area contributed by atoms with E-state index in [1.807, 2.05) is 18.2 Å². The van der Waals surface area contributed by atoms with E-state index in [9.17, 15) is 13.2 Å². The fourth-order valence-electron chi connectivity index (χ4n) is 4.52. The van der Waals surface area contributed by atoms with Crippen molar-refractivity contribution in [1.82, 2.24) is 14.6 Å². The van der Waals surface area contributed by atoms with Gasteiger partial charge in [-0.05, 0) is 43.7 Å². The summed E-state index contributed by atoms with van der Waals surface area (Å²) in [5, 5.41) is 2.88. The highest BCUT2D eigenvalue weighted by Crippen LogP contribution is 2.31. The highest BCUT2D eigenvalue weighted by molar-refractivity contribution is 7.89. The molecule has 1 saturated heterocycles. The molecule has 2 aliphatic rings. The molecule has 1 N–H and O–H groups in total. The first-order chi connectivity index (χ1) is 14.5. The number of nitrogens with zero attached hydrogens (tertiary/aromatic N) is 3. The lowest BCUT2D eigenvalue weighted by molar-refractivity contribution is -0.126. The summed E-state index contributed by atoms with van der Waals surface area (Å²) in [5.74, 6) is 1.69. The standard InChI is InChI=1S/C22H36N4O3S/c1-2-3-6-19-8-10-20(11-9-19)22(27)24-13-18-30(28,29)26-16-14-25(15-17-26)21-7-4-5-12-23-21/h4-5,7,12,19-20H,2-3,6,8-11,13-18H2,1H3,(H,24,27). The third-order valence-corrected chi connectivity index (χ3v) is 8.32. The minimum absolute atomic E-state index is 0.0270. The average Bonchev–Trinajstić information content (AvgIpc) is 2.78. The maximum atomic E-state index is 12.7. The molecule has 0 aromatic carbocycles. The molecular weight excluding hydrogens is 400 g/mol. The molecule has 0 unspecified atom stereocenters. The number of pyridine rings is 1. The van der Waals surface area contributed by atoms with Crippen LogP contribution < -0.4 is 10.2 Å². The number of carbonyl (C=O) groups excluding carboxylic acids is 1. The zero-order chi connectivity index (χ0) is 21.4. The van der Waals surface area contributed by atoms with Gasteiger partial charge in [0.15, 0.2) is 0 Å². The van der Waals surface area contributed by atoms with E-state index >= 15 is 0 Å². The second-order valence-corrected chi connectivity index (χ2v) is 10.6. The summed E-state index contributed by atoms with van der Waals surface area (Å²) >= 11 is 0. The highest BCUT2D eigenvalue weighted by atomic mass is 32.2. The molecule has 2 heterocycles. The Morgan fingerprint density at radius 1 is 1.13 bits per heavy atom. The minimum atomic E-state index is -3.36. The number of aromatic nitrogens is 1. The number of hydrogen-bond donors (Lipinski definition) is 1. The number of hydrogen-bond acceptors (Lipinski definition) is 5. The molecule has 1 saturated carbocycles. The number of sulfonamides is 1. The van der Waals surface area contributed by atoms with Gasteiger partial charge in [-0.2, -0.15) is 4.31 Å². The highest BCUT2D eigenvalue weighted by Gasteiger charge is 2.29. The predicted molar refractivity (Wildman–Crippen MR) is 120 cm³/mol. The summed E-state index contributed by atoms with van der Waals surface area (Å²) in [6.07, 6.45) is 9.64. The van der Waals surface area contributed by atoms with E-state index in [4.69, 9.17) is 0 Å². The second-order valence-electron chi connectivity index (χ2n) is 8.54. The Morgan fingerprint density at radius 3 is 2.50 bits per heavy atom. The monoisotopic (exact) mass is 436 g/mol. The zero-order valence-electron chi connectivity index (χ0n) is 18.1. The van der Waals surface area contributed by atoms with Crippen LogP contribution in [-0.4, -0.2) is 62.1 Å². The molecule has 1 aliphatic carbocycles. The lowest BCUT2D eigenvalue weighted by Crippen LogP contribution is -2.50. The van der Waals surface area contributed by atoms with Gasteiger partial charge in [0.25, 0.3) is 0 Å². The van der Waals surface area contributed by atoms with Crippen molar-refractivity contribution in [3.63, 3.8) is 0 Å². The van der Waals surface area contributed by atoms with Crippen molar-refractivity contribution in [1.29, 1.82) is 0 Å². The zero-order valence-corrected chi connectivity index (χ0v) is 18.9. The van der Waals surface area contributed by atoms with E-state index in [0.29, 0.717) is 26.2 Å². The van der Waals surface area contributed by atoms with Gasteiger partial charge >= 0.3 is 0 Å². The van der Waals surface area contributed by atoms with Crippen LogP contribution in [-0.2, 0) is 14.8 Å². The number of unbranched alkanes of at least 4 members (excludes halogenated alkanes) is 1. The van der Waals surface area contributed by atoms with Crippen LogP contribution in [0.25, 0.3) is 0 Å². The SMILES string of the molecule is CCCCC1CCC(C(=O)NCCS(=O)(=O)N2CCN(c3ccccn3)CC2)CC1. The topological polar surface area (TPSA) is 82.6 Å². The van der Waals surface area contributed by atoms with Gasteiger partial charge in [-0.25, -0.2) is 13.4 Å². The van der Waals surface area contributed by atoms with E-state index < -0.39 is 10.0 Å². The van der Waals surface area contributed by atoms with Crippen LogP contribution >= 0.6 is 0 Å². The van der Waals surface area contributed by atoms with Crippen molar-refractivity contribution in [2.45, 2.75) is 51.9 Å². The molecule has 3 rings (SSSR count). The molecule has 7 nitrogen and oxygen atoms in total. The first-order valence-corrected chi connectivity index (χ1v) is 13.0. The second kappa shape index (κ2) is 11.1. The molecule has 8 heteroatoms. The molecular formula is C22H36N4O3S. The van der Waals surface area contributed by atoms with Gasteiger partial charge in [0.05, 0.1) is 5.75 Å². The molecule has 0 radical (unpaired) electrons. The smallest absolute Gasteiger partial charge is 0.223 e. The first kappa shape index (κ1) is 23.0. The van der Waals surface area contributed by atoms with Gasteiger partial charge in [0.2, 0.25) is 15.9 Å². The summed E-state index contributed by atoms with van der Waals surface area (Å²) in [6.45, 7) is 4.57. The minimum Gasteiger partial charge on any atom is -0.355 e. The van der Waals surface area contributed by atoms with Crippen LogP contribution in [0.1, 0.15) is 51.9 Å². The number of piperazine rings is 1. The summed E-state index contributed by atoms with van der Waals surface area (Å²) in [7, 11) is -3.36. The Hall–Kier alpha value is -1.67. The molecule has 168 valence electrons. The summed E-state index contributed by atoms with van der Waals surface area (Å²) in [6, 6.07) is 5.75. The molecule has 0 atom stereocenters. The summed E-state index contributed by atoms with van der Waals surface area (Å²) < 4.78 is 26.9. The lowest BCUT2D eigenvalue weighted by Gasteiger charge is -2.34. The lowest BCUT2D eigenvalue weighted by atomic mass is 9.79. The molecule has 1 aliphatic heterocycles. The Balaban J connectivity index is 1.37. The van der Waals surface area contributed by atoms with Crippen molar-refractivity contribution in [3.05, 3.63) is 24.4 Å². The Labute approximate surface area is 181 Å². The van der Waals surface area contributed by atoms with Crippen molar-refractivity contribution in [3.8, 4) is 0 Å². The van der Waals surface area contributed by atoms with Crippen molar-refractivity contribution < 1.29 is 13.2 Å². The van der Waals surface area contributed by atoms with Crippen molar-refractivity contribution in [2.24, 2.45) is 11.8 Å². The van der Waals surface area contributed by atoms with Crippen molar-refractivity contribution >= 4 is 21.7 Å². The van der Waals surface area contributed by atoms with E-state index in [1.54, 1.807) is 6.20 Å². The van der Waals surface area contributed by atoms with Gasteiger partial charge < -0.3 is 10.2 Å². The van der Waals surface area contributed by atoms with Gasteiger partial charge in [0.1, 0.15) is 5.82 Å². The molecule has 0 spiro atoms. The predicted octanol–water partition coefficient (Wildman–Crippen LogP) is 2.65. The Morgan fingerprint density at radius 2 is 1.87 bits per heavy atom. The third-order valence-electron chi connectivity index (χ3n) is 6.45. The summed E-state index contributed by atoms with van der Waals surface area (Å²) in [5.41, 5.74) is 0. The molecule has 0 bridgehead atoms. The van der Waals surface area contributed by atoms with Crippen LogP contribution in [0.3, 0.4) is 0 Å². The average molecular weight is 437 g/mol. The number of rotatable bonds is 9. The number of nitrogens with one attached hydrogen (secondary N) is 1. The fraction of sp³-hybridized carbons (Fsp3) is 0.727. The normalized spacial score (nSPS) is 23.3. The van der Waals surface area contributed by atoms with Crippen LogP contribution in [0, 0.1) is 11.8 Å². The maximum Gasteiger partial charge on any atom is 0.223 e. The molecule has 1 aromatic heterocycles. The van der Waals surface area contributed by atoms with E-state index in [-0.39, 0.29) is 24.1 Å². The van der Waals surface area contributed by atoms with Gasteiger partial charge in [-0.15, -0.1) is 0 Å². The molecule has 1 amide bonds. The first-order valence-electron chi connectivity index (χ1n) is 11.4. The molecule has 30 heavy (non-hydrogen) atoms. The van der Waals surface area contributed by atoms with E-state index in [2.05, 4.69) is 22.1 Å². The molecule has 2 fully saturated rings. The largest absolute Gasteiger partial charge is 0.355 e. The fourth-order valence-corrected chi connectivity index (χ4v) is 5.86. The quantitative estimate of drug-likeness (QED) is 0.643. The maximum absolute atomic E-state index is 12.7. The van der Waals surface area contributed by atoms with Crippen LogP contribution in [0.2, 0.25) is 0 Å². The Bertz CT molecular complexity index is 756. The molecule has 1 aromatic rings. The summed E-state index contributed by atoms with van der Waals surface area (Å²) in [4.78, 5) is 18.9. The number of carbonyl (C=O) groups is 1. The van der Waals surface area contributed by atoms with E-state index in [0.717, 1.165) is 37.4 Å².